The van der Waals surface area contributed by atoms with Crippen LogP contribution in [0.2, 0.25) is 0 Å². The predicted octanol–water partition coefficient (Wildman–Crippen LogP) is 2.28. The average molecular weight is 530 g/mol. The summed E-state index contributed by atoms with van der Waals surface area (Å²) in [5, 5.41) is 6.54. The van der Waals surface area contributed by atoms with Crippen LogP contribution in [0.4, 0.5) is 0 Å². The van der Waals surface area contributed by atoms with Gasteiger partial charge in [-0.25, -0.2) is 8.42 Å². The van der Waals surface area contributed by atoms with E-state index in [1.165, 1.54) is 15.6 Å². The van der Waals surface area contributed by atoms with Gasteiger partial charge in [0, 0.05) is 44.7 Å². The first-order valence-electron chi connectivity index (χ1n) is 9.16. The number of halogens is 1. The Morgan fingerprint density at radius 2 is 2.07 bits per heavy atom. The molecule has 0 bridgehead atoms. The topological polar surface area (TPSA) is 83.0 Å². The molecule has 0 spiro atoms. The molecule has 1 aliphatic rings. The van der Waals surface area contributed by atoms with Crippen molar-refractivity contribution in [3.8, 4) is 0 Å². The highest BCUT2D eigenvalue weighted by Crippen LogP contribution is 2.25. The lowest BCUT2D eigenvalue weighted by Crippen LogP contribution is -2.41. The number of rotatable bonds is 9. The van der Waals surface area contributed by atoms with Crippen LogP contribution in [0.3, 0.4) is 0 Å². The molecular weight excluding hydrogens is 499 g/mol. The average Bonchev–Trinajstić information content (AvgIpc) is 3.30. The van der Waals surface area contributed by atoms with Gasteiger partial charge in [0.25, 0.3) is 10.0 Å². The van der Waals surface area contributed by atoms with Crippen LogP contribution >= 0.6 is 35.3 Å². The molecule has 0 amide bonds. The number of nitrogens with zero attached hydrogens (tertiary/aromatic N) is 2. The zero-order valence-electron chi connectivity index (χ0n) is 16.2. The molecule has 1 atom stereocenters. The summed E-state index contributed by atoms with van der Waals surface area (Å²) in [5.74, 6) is 0.744. The van der Waals surface area contributed by atoms with Crippen molar-refractivity contribution in [2.24, 2.45) is 4.99 Å². The second-order valence-corrected chi connectivity index (χ2v) is 9.41. The van der Waals surface area contributed by atoms with Gasteiger partial charge in [0.2, 0.25) is 0 Å². The lowest BCUT2D eigenvalue weighted by atomic mass is 10.2. The molecule has 0 aliphatic carbocycles. The molecule has 0 aromatic carbocycles. The van der Waals surface area contributed by atoms with Gasteiger partial charge in [-0.05, 0) is 31.4 Å². The summed E-state index contributed by atoms with van der Waals surface area (Å²) in [5.41, 5.74) is 0. The van der Waals surface area contributed by atoms with Gasteiger partial charge in [-0.2, -0.15) is 4.31 Å². The van der Waals surface area contributed by atoms with Crippen LogP contribution in [-0.4, -0.2) is 64.6 Å². The third-order valence-electron chi connectivity index (χ3n) is 4.35. The fraction of sp³-hybridized carbons (Fsp3) is 0.706. The van der Waals surface area contributed by atoms with E-state index in [9.17, 15) is 8.42 Å². The van der Waals surface area contributed by atoms with Gasteiger partial charge in [-0.15, -0.1) is 35.3 Å². The molecule has 27 heavy (non-hydrogen) atoms. The molecule has 1 aliphatic heterocycles. The van der Waals surface area contributed by atoms with E-state index in [4.69, 9.17) is 4.74 Å². The zero-order valence-corrected chi connectivity index (χ0v) is 20.2. The van der Waals surface area contributed by atoms with Gasteiger partial charge >= 0.3 is 0 Å². The van der Waals surface area contributed by atoms with Crippen LogP contribution in [0.1, 0.15) is 31.6 Å². The third-order valence-corrected chi connectivity index (χ3v) is 8.01. The van der Waals surface area contributed by atoms with Crippen molar-refractivity contribution in [1.82, 2.24) is 14.9 Å². The fourth-order valence-corrected chi connectivity index (χ4v) is 5.83. The molecule has 0 saturated carbocycles. The number of thiophene rings is 1. The van der Waals surface area contributed by atoms with Crippen molar-refractivity contribution in [3.05, 3.63) is 17.0 Å². The minimum absolute atomic E-state index is 0. The zero-order chi connectivity index (χ0) is 19.0. The summed E-state index contributed by atoms with van der Waals surface area (Å²) < 4.78 is 32.5. The van der Waals surface area contributed by atoms with Crippen LogP contribution in [-0.2, 0) is 21.2 Å². The lowest BCUT2D eigenvalue weighted by molar-refractivity contribution is 0.114. The van der Waals surface area contributed by atoms with Gasteiger partial charge in [-0.3, -0.25) is 4.99 Å². The van der Waals surface area contributed by atoms with Gasteiger partial charge < -0.3 is 15.4 Å². The number of aliphatic imine (C=N–C) groups is 1. The van der Waals surface area contributed by atoms with Crippen LogP contribution in [0.25, 0.3) is 0 Å². The van der Waals surface area contributed by atoms with Crippen molar-refractivity contribution in [3.63, 3.8) is 0 Å². The molecule has 0 radical (unpaired) electrons. The first kappa shape index (κ1) is 24.6. The first-order chi connectivity index (χ1) is 12.5. The molecule has 10 heteroatoms. The van der Waals surface area contributed by atoms with E-state index in [1.54, 1.807) is 13.1 Å². The number of guanidine groups is 1. The quantitative estimate of drug-likeness (QED) is 0.291. The molecule has 1 aromatic rings. The number of ether oxygens (including phenoxy) is 1. The van der Waals surface area contributed by atoms with E-state index in [-0.39, 0.29) is 30.1 Å². The van der Waals surface area contributed by atoms with Crippen LogP contribution in [0, 0.1) is 0 Å². The highest BCUT2D eigenvalue weighted by atomic mass is 127. The van der Waals surface area contributed by atoms with Crippen molar-refractivity contribution in [2.45, 2.75) is 43.4 Å². The Hall–Kier alpha value is -0.430. The Bertz CT molecular complexity index is 684. The summed E-state index contributed by atoms with van der Waals surface area (Å²) in [7, 11) is -1.62. The van der Waals surface area contributed by atoms with Crippen LogP contribution in [0.5, 0.6) is 0 Å². The summed E-state index contributed by atoms with van der Waals surface area (Å²) in [6, 6.07) is 3.60. The fourth-order valence-electron chi connectivity index (χ4n) is 2.86. The van der Waals surface area contributed by atoms with Gasteiger partial charge in [0.1, 0.15) is 4.21 Å². The molecule has 1 aromatic heterocycles. The van der Waals surface area contributed by atoms with Gasteiger partial charge in [0.05, 0.1) is 6.10 Å². The number of hydrogen-bond donors (Lipinski definition) is 2. The number of sulfonamides is 1. The second kappa shape index (κ2) is 12.2. The SMILES string of the molecule is CCN(CC)S(=O)(=O)c1ccc(CCNC(=NC)NCC2CCCO2)s1.I. The van der Waals surface area contributed by atoms with Crippen molar-refractivity contribution < 1.29 is 13.2 Å². The molecule has 1 unspecified atom stereocenters. The van der Waals surface area contributed by atoms with E-state index >= 15 is 0 Å². The third kappa shape index (κ3) is 7.15. The Morgan fingerprint density at radius 3 is 2.67 bits per heavy atom. The predicted molar refractivity (Wildman–Crippen MR) is 122 cm³/mol. The normalized spacial score (nSPS) is 17.8. The smallest absolute Gasteiger partial charge is 0.252 e. The Labute approximate surface area is 184 Å². The molecule has 2 N–H and O–H groups in total. The molecule has 7 nitrogen and oxygen atoms in total. The highest BCUT2D eigenvalue weighted by Gasteiger charge is 2.23. The molecule has 156 valence electrons. The Kier molecular flexibility index (Phi) is 11.1. The van der Waals surface area contributed by atoms with E-state index in [0.717, 1.165) is 43.3 Å². The van der Waals surface area contributed by atoms with Gasteiger partial charge in [0.15, 0.2) is 5.96 Å². The van der Waals surface area contributed by atoms with Crippen molar-refractivity contribution in [1.29, 1.82) is 0 Å². The van der Waals surface area contributed by atoms with Crippen LogP contribution < -0.4 is 10.6 Å². The Balaban J connectivity index is 0.00000364. The minimum Gasteiger partial charge on any atom is -0.376 e. The largest absolute Gasteiger partial charge is 0.376 e. The summed E-state index contributed by atoms with van der Waals surface area (Å²) >= 11 is 1.34. The maximum Gasteiger partial charge on any atom is 0.252 e. The maximum absolute atomic E-state index is 12.5. The maximum atomic E-state index is 12.5. The monoisotopic (exact) mass is 530 g/mol. The summed E-state index contributed by atoms with van der Waals surface area (Å²) in [6.07, 6.45) is 3.22. The Morgan fingerprint density at radius 1 is 1.33 bits per heavy atom. The molecule has 1 fully saturated rings. The molecular formula is C17H31IN4O3S2. The van der Waals surface area contributed by atoms with E-state index < -0.39 is 10.0 Å². The minimum atomic E-state index is -3.36. The molecule has 2 heterocycles. The second-order valence-electron chi connectivity index (χ2n) is 6.07. The van der Waals surface area contributed by atoms with Crippen molar-refractivity contribution >= 4 is 51.3 Å². The highest BCUT2D eigenvalue weighted by molar-refractivity contribution is 14.0. The van der Waals surface area contributed by atoms with Crippen molar-refractivity contribution in [2.75, 3.05) is 39.8 Å². The van der Waals surface area contributed by atoms with Crippen LogP contribution in [0.15, 0.2) is 21.3 Å². The summed E-state index contributed by atoms with van der Waals surface area (Å²) in [6.45, 7) is 6.97. The number of nitrogens with one attached hydrogen (secondary N) is 2. The van der Waals surface area contributed by atoms with E-state index in [0.29, 0.717) is 23.8 Å². The van der Waals surface area contributed by atoms with Gasteiger partial charge in [-0.1, -0.05) is 13.8 Å². The molecule has 1 saturated heterocycles. The summed E-state index contributed by atoms with van der Waals surface area (Å²) in [4.78, 5) is 5.25. The standard InChI is InChI=1S/C17H30N4O3S2.HI/c1-4-21(5-2)26(22,23)16-9-8-15(25-16)10-11-19-17(18-3)20-13-14-7-6-12-24-14;/h8-9,14H,4-7,10-13H2,1-3H3,(H2,18,19,20);1H. The van der Waals surface area contributed by atoms with E-state index in [2.05, 4.69) is 15.6 Å². The lowest BCUT2D eigenvalue weighted by Gasteiger charge is -2.16. The number of hydrogen-bond acceptors (Lipinski definition) is 5. The first-order valence-corrected chi connectivity index (χ1v) is 11.4. The van der Waals surface area contributed by atoms with E-state index in [1.807, 2.05) is 19.9 Å². The molecule has 2 rings (SSSR count).